The average molecular weight is 481 g/mol. The van der Waals surface area contributed by atoms with Gasteiger partial charge in [-0.2, -0.15) is 0 Å². The van der Waals surface area contributed by atoms with Gasteiger partial charge in [-0.25, -0.2) is 18.2 Å². The molecule has 3 heterocycles. The van der Waals surface area contributed by atoms with E-state index in [1.807, 2.05) is 10.5 Å². The summed E-state index contributed by atoms with van der Waals surface area (Å²) in [5.41, 5.74) is 2.02. The largest absolute Gasteiger partial charge is 0.450 e. The highest BCUT2D eigenvalue weighted by Crippen LogP contribution is 2.59. The van der Waals surface area contributed by atoms with Crippen LogP contribution in [0.25, 0.3) is 16.8 Å². The van der Waals surface area contributed by atoms with Crippen LogP contribution in [0.2, 0.25) is 0 Å². The van der Waals surface area contributed by atoms with Gasteiger partial charge in [-0.1, -0.05) is 18.2 Å². The van der Waals surface area contributed by atoms with E-state index in [1.165, 1.54) is 0 Å². The first-order valence-electron chi connectivity index (χ1n) is 11.4. The molecule has 2 N–H and O–H groups in total. The molecule has 176 valence electrons. The number of carbonyl (C=O) groups excluding carboxylic acids is 1. The number of sulfone groups is 1. The molecule has 2 aliphatic rings. The standard InChI is InChI=1S/C23H24N6O4S/c1-3-33-23(30)25-16-11-15(13-10-14(13)16)20-27-28-21-22(26-19-17(29(20)21)8-9-24-19)34(31,32)18-7-5-4-6-12(18)2/h4-9,13-16,24H,3,10-11H2,1-2H3,(H,25,30)/t13-,14+,15+,16-/m1/s1. The second-order valence-electron chi connectivity index (χ2n) is 8.99. The van der Waals surface area contributed by atoms with E-state index in [9.17, 15) is 13.2 Å². The maximum Gasteiger partial charge on any atom is 0.407 e. The average Bonchev–Trinajstić information content (AvgIpc) is 3.11. The molecule has 2 saturated carbocycles. The molecule has 4 aromatic rings. The molecule has 4 atom stereocenters. The van der Waals surface area contributed by atoms with E-state index in [4.69, 9.17) is 4.74 Å². The van der Waals surface area contributed by atoms with E-state index in [-0.39, 0.29) is 27.5 Å². The lowest BCUT2D eigenvalue weighted by Gasteiger charge is -2.17. The second kappa shape index (κ2) is 7.52. The summed E-state index contributed by atoms with van der Waals surface area (Å²) in [5, 5.41) is 11.7. The molecule has 1 aromatic carbocycles. The molecule has 2 fully saturated rings. The molecule has 0 bridgehead atoms. The predicted molar refractivity (Wildman–Crippen MR) is 122 cm³/mol. The van der Waals surface area contributed by atoms with Crippen molar-refractivity contribution >= 4 is 32.7 Å². The molecular weight excluding hydrogens is 456 g/mol. The van der Waals surface area contributed by atoms with Crippen LogP contribution in [0.1, 0.15) is 37.1 Å². The van der Waals surface area contributed by atoms with Crippen LogP contribution >= 0.6 is 0 Å². The summed E-state index contributed by atoms with van der Waals surface area (Å²) in [6.45, 7) is 3.86. The van der Waals surface area contributed by atoms with Crippen molar-refractivity contribution < 1.29 is 17.9 Å². The minimum atomic E-state index is -3.94. The number of aryl methyl sites for hydroxylation is 1. The van der Waals surface area contributed by atoms with Gasteiger partial charge in [-0.05, 0) is 56.2 Å². The Balaban J connectivity index is 1.46. The summed E-state index contributed by atoms with van der Waals surface area (Å²) >= 11 is 0. The molecule has 3 aromatic heterocycles. The molecule has 6 rings (SSSR count). The molecule has 10 nitrogen and oxygen atoms in total. The number of amides is 1. The summed E-state index contributed by atoms with van der Waals surface area (Å²) in [6.07, 6.45) is 2.99. The van der Waals surface area contributed by atoms with Crippen molar-refractivity contribution in [1.29, 1.82) is 0 Å². The lowest BCUT2D eigenvalue weighted by Crippen LogP contribution is -2.35. The van der Waals surface area contributed by atoms with Crippen LogP contribution < -0.4 is 5.32 Å². The Morgan fingerprint density at radius 3 is 2.82 bits per heavy atom. The number of fused-ring (bicyclic) bond motifs is 4. The molecular formula is C23H24N6O4S. The Bertz CT molecular complexity index is 1540. The lowest BCUT2D eigenvalue weighted by molar-refractivity contribution is 0.147. The maximum absolute atomic E-state index is 13.7. The number of aromatic amines is 1. The predicted octanol–water partition coefficient (Wildman–Crippen LogP) is 2.98. The molecule has 0 spiro atoms. The summed E-state index contributed by atoms with van der Waals surface area (Å²) in [7, 11) is -3.94. The third kappa shape index (κ3) is 3.10. The van der Waals surface area contributed by atoms with Gasteiger partial charge in [-0.3, -0.25) is 4.40 Å². The van der Waals surface area contributed by atoms with Crippen LogP contribution in [0.5, 0.6) is 0 Å². The van der Waals surface area contributed by atoms with Gasteiger partial charge in [0.1, 0.15) is 5.82 Å². The number of ether oxygens (including phenoxy) is 1. The van der Waals surface area contributed by atoms with Crippen molar-refractivity contribution in [3.05, 3.63) is 47.9 Å². The Morgan fingerprint density at radius 1 is 1.21 bits per heavy atom. The third-order valence-electron chi connectivity index (χ3n) is 7.02. The smallest absolute Gasteiger partial charge is 0.407 e. The van der Waals surface area contributed by atoms with Crippen molar-refractivity contribution in [2.45, 2.75) is 48.6 Å². The first-order chi connectivity index (χ1) is 16.4. The molecule has 2 aliphatic carbocycles. The van der Waals surface area contributed by atoms with Gasteiger partial charge < -0.3 is 15.0 Å². The van der Waals surface area contributed by atoms with E-state index < -0.39 is 15.9 Å². The molecule has 1 amide bonds. The highest BCUT2D eigenvalue weighted by atomic mass is 32.2. The normalized spacial score (nSPS) is 23.8. The molecule has 0 unspecified atom stereocenters. The van der Waals surface area contributed by atoms with Crippen molar-refractivity contribution in [2.24, 2.45) is 11.8 Å². The van der Waals surface area contributed by atoms with Gasteiger partial charge in [0.25, 0.3) is 0 Å². The number of nitrogens with one attached hydrogen (secondary N) is 2. The SMILES string of the molecule is CCOC(=O)N[C@@H]1C[C@H](c2nnc3c(S(=O)(=O)c4ccccc4C)nc4[nH]ccc4n23)[C@@H]2C[C@@H]21. The van der Waals surface area contributed by atoms with Gasteiger partial charge in [0.05, 0.1) is 17.0 Å². The van der Waals surface area contributed by atoms with E-state index in [0.29, 0.717) is 41.9 Å². The van der Waals surface area contributed by atoms with Crippen molar-refractivity contribution in [1.82, 2.24) is 29.9 Å². The lowest BCUT2D eigenvalue weighted by atomic mass is 10.0. The fourth-order valence-electron chi connectivity index (χ4n) is 5.40. The minimum absolute atomic E-state index is 0.000115. The van der Waals surface area contributed by atoms with E-state index in [2.05, 4.69) is 25.5 Å². The van der Waals surface area contributed by atoms with Crippen LogP contribution in [-0.4, -0.2) is 51.7 Å². The first kappa shape index (κ1) is 21.1. The number of carbonyl (C=O) groups is 1. The molecule has 0 radical (unpaired) electrons. The number of nitrogens with zero attached hydrogens (tertiary/aromatic N) is 4. The van der Waals surface area contributed by atoms with Crippen LogP contribution in [0, 0.1) is 18.8 Å². The Kier molecular flexibility index (Phi) is 4.67. The number of benzene rings is 1. The molecule has 0 saturated heterocycles. The van der Waals surface area contributed by atoms with Crippen LogP contribution in [0.4, 0.5) is 4.79 Å². The first-order valence-corrected chi connectivity index (χ1v) is 12.8. The topological polar surface area (TPSA) is 131 Å². The Morgan fingerprint density at radius 2 is 2.03 bits per heavy atom. The minimum Gasteiger partial charge on any atom is -0.450 e. The van der Waals surface area contributed by atoms with Crippen molar-refractivity contribution in [2.75, 3.05) is 6.61 Å². The number of hydrogen-bond acceptors (Lipinski definition) is 7. The molecule has 34 heavy (non-hydrogen) atoms. The van der Waals surface area contributed by atoms with Gasteiger partial charge in [0.2, 0.25) is 14.9 Å². The zero-order valence-electron chi connectivity index (χ0n) is 18.7. The van der Waals surface area contributed by atoms with E-state index in [1.54, 1.807) is 44.3 Å². The van der Waals surface area contributed by atoms with Crippen LogP contribution in [0.15, 0.2) is 46.5 Å². The van der Waals surface area contributed by atoms with Crippen molar-refractivity contribution in [3.63, 3.8) is 0 Å². The number of rotatable bonds is 5. The number of hydrogen-bond donors (Lipinski definition) is 2. The molecule has 0 aliphatic heterocycles. The second-order valence-corrected chi connectivity index (χ2v) is 10.8. The zero-order valence-corrected chi connectivity index (χ0v) is 19.5. The highest BCUT2D eigenvalue weighted by molar-refractivity contribution is 7.91. The van der Waals surface area contributed by atoms with Gasteiger partial charge in [0.15, 0.2) is 11.3 Å². The Labute approximate surface area is 195 Å². The highest BCUT2D eigenvalue weighted by Gasteiger charge is 2.56. The maximum atomic E-state index is 13.7. The van der Waals surface area contributed by atoms with Gasteiger partial charge in [-0.15, -0.1) is 10.2 Å². The van der Waals surface area contributed by atoms with Crippen LogP contribution in [-0.2, 0) is 14.6 Å². The molecule has 11 heteroatoms. The monoisotopic (exact) mass is 480 g/mol. The van der Waals surface area contributed by atoms with Crippen LogP contribution in [0.3, 0.4) is 0 Å². The summed E-state index contributed by atoms with van der Waals surface area (Å²) < 4.78 is 34.2. The fourth-order valence-corrected chi connectivity index (χ4v) is 6.94. The summed E-state index contributed by atoms with van der Waals surface area (Å²) in [4.78, 5) is 19.7. The van der Waals surface area contributed by atoms with Crippen molar-refractivity contribution in [3.8, 4) is 0 Å². The quantitative estimate of drug-likeness (QED) is 0.449. The van der Waals surface area contributed by atoms with Gasteiger partial charge >= 0.3 is 6.09 Å². The number of aromatic nitrogens is 5. The van der Waals surface area contributed by atoms with Gasteiger partial charge in [0, 0.05) is 18.2 Å². The van der Waals surface area contributed by atoms with E-state index in [0.717, 1.165) is 11.9 Å². The number of H-pyrrole nitrogens is 1. The third-order valence-corrected chi connectivity index (χ3v) is 8.84. The zero-order chi connectivity index (χ0) is 23.6. The fraction of sp³-hybridized carbons (Fsp3) is 0.391. The summed E-state index contributed by atoms with van der Waals surface area (Å²) in [6, 6.07) is 8.68. The van der Waals surface area contributed by atoms with E-state index >= 15 is 0 Å². The Hall–Kier alpha value is -3.47. The number of alkyl carbamates (subject to hydrolysis) is 1. The summed E-state index contributed by atoms with van der Waals surface area (Å²) in [5.74, 6) is 1.46.